The summed E-state index contributed by atoms with van der Waals surface area (Å²) in [6.45, 7) is 7.39. The Morgan fingerprint density at radius 1 is 1.11 bits per heavy atom. The normalized spacial score (nSPS) is 29.7. The van der Waals surface area contributed by atoms with Crippen LogP contribution in [-0.2, 0) is 15.9 Å². The fourth-order valence-electron chi connectivity index (χ4n) is 6.61. The van der Waals surface area contributed by atoms with E-state index < -0.39 is 0 Å². The smallest absolute Gasteiger partial charge is 0.343 e. The fourth-order valence-corrected chi connectivity index (χ4v) is 6.61. The van der Waals surface area contributed by atoms with E-state index in [0.29, 0.717) is 29.1 Å². The number of hydrogen-bond donors (Lipinski definition) is 0. The molecule has 1 fully saturated rings. The van der Waals surface area contributed by atoms with Crippen LogP contribution in [0.4, 0.5) is 0 Å². The topological polar surface area (TPSA) is 44.8 Å². The highest BCUT2D eigenvalue weighted by atomic mass is 16.7. The predicted octanol–water partition coefficient (Wildman–Crippen LogP) is 7.09. The van der Waals surface area contributed by atoms with Gasteiger partial charge in [0.05, 0.1) is 11.7 Å². The van der Waals surface area contributed by atoms with Crippen LogP contribution in [0.5, 0.6) is 5.75 Å². The molecule has 3 aliphatic carbocycles. The van der Waals surface area contributed by atoms with Gasteiger partial charge in [0.2, 0.25) is 0 Å². The number of carbonyl (C=O) groups is 1. The zero-order valence-electron chi connectivity index (χ0n) is 21.2. The van der Waals surface area contributed by atoms with E-state index in [1.807, 2.05) is 31.2 Å². The predicted molar refractivity (Wildman–Crippen MR) is 138 cm³/mol. The molecule has 3 aliphatic rings. The van der Waals surface area contributed by atoms with E-state index >= 15 is 0 Å². The van der Waals surface area contributed by atoms with Crippen LogP contribution in [0.25, 0.3) is 0 Å². The maximum absolute atomic E-state index is 12.5. The Labute approximate surface area is 209 Å². The molecule has 0 amide bonds. The summed E-state index contributed by atoms with van der Waals surface area (Å²) in [6, 6.07) is 15.5. The Morgan fingerprint density at radius 3 is 2.74 bits per heavy atom. The minimum atomic E-state index is -0.303. The molecule has 2 aromatic rings. The molecule has 0 bridgehead atoms. The number of unbranched alkanes of at least 4 members (excludes halogenated alkanes) is 1. The first-order valence-electron chi connectivity index (χ1n) is 13.3. The van der Waals surface area contributed by atoms with Gasteiger partial charge < -0.3 is 14.2 Å². The van der Waals surface area contributed by atoms with Crippen molar-refractivity contribution in [2.45, 2.75) is 77.6 Å². The molecule has 0 aromatic heterocycles. The number of ether oxygens (including phenoxy) is 3. The van der Waals surface area contributed by atoms with E-state index in [2.05, 4.69) is 38.1 Å². The second kappa shape index (κ2) is 10.3. The molecule has 4 heteroatoms. The van der Waals surface area contributed by atoms with E-state index in [9.17, 15) is 4.79 Å². The van der Waals surface area contributed by atoms with Crippen LogP contribution in [0.1, 0.15) is 80.3 Å². The lowest BCUT2D eigenvalue weighted by molar-refractivity contribution is -0.182. The Bertz CT molecular complexity index is 1060. The van der Waals surface area contributed by atoms with Crippen molar-refractivity contribution in [3.8, 4) is 5.75 Å². The van der Waals surface area contributed by atoms with E-state index in [0.717, 1.165) is 38.7 Å². The van der Waals surface area contributed by atoms with Gasteiger partial charge in [0.25, 0.3) is 0 Å². The quantitative estimate of drug-likeness (QED) is 0.135. The lowest BCUT2D eigenvalue weighted by atomic mass is 9.55. The Kier molecular flexibility index (Phi) is 7.13. The molecule has 1 saturated carbocycles. The minimum Gasteiger partial charge on any atom is -0.423 e. The summed E-state index contributed by atoms with van der Waals surface area (Å²) in [5, 5.41) is 0. The summed E-state index contributed by atoms with van der Waals surface area (Å²) in [4.78, 5) is 12.5. The van der Waals surface area contributed by atoms with Crippen molar-refractivity contribution >= 4 is 5.97 Å². The van der Waals surface area contributed by atoms with Crippen LogP contribution in [-0.4, -0.2) is 25.0 Å². The van der Waals surface area contributed by atoms with Crippen LogP contribution in [0.2, 0.25) is 0 Å². The van der Waals surface area contributed by atoms with E-state index in [-0.39, 0.29) is 23.8 Å². The van der Waals surface area contributed by atoms with Gasteiger partial charge in [0.1, 0.15) is 5.75 Å². The molecule has 186 valence electrons. The molecule has 0 aliphatic heterocycles. The third-order valence-electron chi connectivity index (χ3n) is 8.55. The second-order valence-corrected chi connectivity index (χ2v) is 10.7. The zero-order chi connectivity index (χ0) is 24.4. The van der Waals surface area contributed by atoms with Crippen molar-refractivity contribution < 1.29 is 19.0 Å². The summed E-state index contributed by atoms with van der Waals surface area (Å²) in [6.07, 6.45) is 11.4. The molecule has 0 spiro atoms. The van der Waals surface area contributed by atoms with Gasteiger partial charge in [-0.2, -0.15) is 0 Å². The van der Waals surface area contributed by atoms with Crippen LogP contribution in [0, 0.1) is 17.3 Å². The standard InChI is InChI=1S/C31H38O4/c1-4-5-19-33-21(2)34-29-16-15-28-27-13-11-23-20-24(35-30(32)22-9-7-6-8-10-22)12-14-25(23)26(27)17-18-31(28,29)3/h6-10,12,14-16,20-21,26-29H,4-5,11,13,17-19H2,1-3H3/t21?,26?,27?,28?,29-,31-/m0/s1. The Hall–Kier alpha value is -2.43. The van der Waals surface area contributed by atoms with E-state index in [1.54, 1.807) is 12.1 Å². The lowest BCUT2D eigenvalue weighted by Gasteiger charge is -2.50. The Balaban J connectivity index is 1.26. The average molecular weight is 475 g/mol. The number of benzene rings is 2. The maximum Gasteiger partial charge on any atom is 0.343 e. The first-order valence-corrected chi connectivity index (χ1v) is 13.3. The zero-order valence-corrected chi connectivity index (χ0v) is 21.2. The van der Waals surface area contributed by atoms with Crippen LogP contribution in [0.15, 0.2) is 60.7 Å². The number of fused-ring (bicyclic) bond motifs is 5. The van der Waals surface area contributed by atoms with Gasteiger partial charge in [-0.1, -0.05) is 56.7 Å². The van der Waals surface area contributed by atoms with Crippen LogP contribution in [0.3, 0.4) is 0 Å². The van der Waals surface area contributed by atoms with Crippen molar-refractivity contribution in [3.63, 3.8) is 0 Å². The second-order valence-electron chi connectivity index (χ2n) is 10.7. The third kappa shape index (κ3) is 4.83. The van der Waals surface area contributed by atoms with Gasteiger partial charge in [0.15, 0.2) is 6.29 Å². The van der Waals surface area contributed by atoms with Gasteiger partial charge in [-0.15, -0.1) is 0 Å². The van der Waals surface area contributed by atoms with Crippen LogP contribution < -0.4 is 4.74 Å². The van der Waals surface area contributed by atoms with Gasteiger partial charge in [0, 0.05) is 12.0 Å². The van der Waals surface area contributed by atoms with Crippen molar-refractivity contribution in [2.24, 2.45) is 17.3 Å². The van der Waals surface area contributed by atoms with Crippen molar-refractivity contribution in [2.75, 3.05) is 6.61 Å². The summed E-state index contributed by atoms with van der Waals surface area (Å²) < 4.78 is 18.0. The molecule has 0 heterocycles. The summed E-state index contributed by atoms with van der Waals surface area (Å²) in [5.74, 6) is 2.04. The molecule has 4 nitrogen and oxygen atoms in total. The van der Waals surface area contributed by atoms with Gasteiger partial charge in [-0.25, -0.2) is 4.79 Å². The molecule has 4 unspecified atom stereocenters. The monoisotopic (exact) mass is 474 g/mol. The van der Waals surface area contributed by atoms with Crippen molar-refractivity contribution in [1.29, 1.82) is 0 Å². The number of carbonyl (C=O) groups excluding carboxylic acids is 1. The average Bonchev–Trinajstić information content (AvgIpc) is 3.20. The molecule has 6 atom stereocenters. The van der Waals surface area contributed by atoms with Gasteiger partial charge >= 0.3 is 5.97 Å². The molecule has 2 aromatic carbocycles. The molecule has 35 heavy (non-hydrogen) atoms. The van der Waals surface area contributed by atoms with Gasteiger partial charge in [-0.05, 0) is 92.2 Å². The van der Waals surface area contributed by atoms with E-state index in [4.69, 9.17) is 14.2 Å². The third-order valence-corrected chi connectivity index (χ3v) is 8.55. The molecule has 5 rings (SSSR count). The molecule has 0 radical (unpaired) electrons. The fraction of sp³-hybridized carbons (Fsp3) is 0.516. The van der Waals surface area contributed by atoms with E-state index in [1.165, 1.54) is 17.5 Å². The SMILES string of the molecule is CCCCOC(C)O[C@H]1C=CC2C3CCc4cc(OC(=O)c5ccccc5)ccc4C3CC[C@@]21C. The van der Waals surface area contributed by atoms with Crippen LogP contribution >= 0.6 is 0 Å². The number of allylic oxidation sites excluding steroid dienone is 1. The van der Waals surface area contributed by atoms with Crippen molar-refractivity contribution in [1.82, 2.24) is 0 Å². The van der Waals surface area contributed by atoms with Gasteiger partial charge in [-0.3, -0.25) is 0 Å². The summed E-state index contributed by atoms with van der Waals surface area (Å²) in [7, 11) is 0. The highest BCUT2D eigenvalue weighted by Crippen LogP contribution is 2.59. The lowest BCUT2D eigenvalue weighted by Crippen LogP contribution is -2.46. The first-order chi connectivity index (χ1) is 17.0. The number of rotatable bonds is 8. The molecular weight excluding hydrogens is 436 g/mol. The largest absolute Gasteiger partial charge is 0.423 e. The van der Waals surface area contributed by atoms with Crippen molar-refractivity contribution in [3.05, 3.63) is 77.4 Å². The highest BCUT2D eigenvalue weighted by Gasteiger charge is 2.53. The number of hydrogen-bond acceptors (Lipinski definition) is 4. The molecule has 0 N–H and O–H groups in total. The number of esters is 1. The number of aryl methyl sites for hydroxylation is 1. The highest BCUT2D eigenvalue weighted by molar-refractivity contribution is 5.91. The summed E-state index contributed by atoms with van der Waals surface area (Å²) >= 11 is 0. The minimum absolute atomic E-state index is 0.117. The maximum atomic E-state index is 12.5. The first kappa shape index (κ1) is 24.3. The molecule has 0 saturated heterocycles. The molecular formula is C31H38O4. The Morgan fingerprint density at radius 2 is 1.94 bits per heavy atom. The summed E-state index contributed by atoms with van der Waals surface area (Å²) in [5.41, 5.74) is 3.48.